The molecule has 4 N–H and O–H groups in total. The predicted octanol–water partition coefficient (Wildman–Crippen LogP) is 8.66. The number of aromatic amines is 1. The van der Waals surface area contributed by atoms with Crippen LogP contribution in [0.15, 0.2) is 96.2 Å². The molecule has 81 heavy (non-hydrogen) atoms. The number of hydrogen-bond acceptors (Lipinski definition) is 17. The van der Waals surface area contributed by atoms with Crippen LogP contribution in [0.3, 0.4) is 0 Å². The molecule has 1 amide bonds. The van der Waals surface area contributed by atoms with Crippen molar-refractivity contribution in [1.82, 2.24) is 29.5 Å². The summed E-state index contributed by atoms with van der Waals surface area (Å²) < 4.78 is 54.3. The number of piperazine rings is 1. The third kappa shape index (κ3) is 11.0. The van der Waals surface area contributed by atoms with Crippen LogP contribution in [-0.2, 0) is 21.3 Å². The van der Waals surface area contributed by atoms with E-state index in [0.717, 1.165) is 100 Å². The normalized spacial score (nSPS) is 24.2. The molecule has 0 unspecified atom stereocenters. The van der Waals surface area contributed by atoms with Gasteiger partial charge in [0.05, 0.1) is 53.5 Å². The largest absolute Gasteiger partial charge is 0.491 e. The van der Waals surface area contributed by atoms with Gasteiger partial charge in [0.15, 0.2) is 5.75 Å². The third-order valence-corrected chi connectivity index (χ3v) is 19.6. The van der Waals surface area contributed by atoms with Gasteiger partial charge in [-0.15, -0.1) is 0 Å². The summed E-state index contributed by atoms with van der Waals surface area (Å²) in [5.74, 6) is 0.766. The second kappa shape index (κ2) is 22.0. The number of piperidine rings is 1. The van der Waals surface area contributed by atoms with Crippen molar-refractivity contribution < 1.29 is 42.2 Å². The van der Waals surface area contributed by atoms with Crippen molar-refractivity contribution in [3.63, 3.8) is 0 Å². The molecule has 4 aliphatic heterocycles. The fourth-order valence-electron chi connectivity index (χ4n) is 13.6. The number of carbonyl (C=O) groups excluding carboxylic acids is 1. The first kappa shape index (κ1) is 54.5. The molecule has 6 aliphatic rings. The number of hydrogen-bond donors (Lipinski definition) is 4. The number of sulfonamides is 1. The average molecular weight is 1130 g/mol. The number of methoxy groups -OCH3 is 2. The number of nitrogens with one attached hydrogen (secondary N) is 3. The lowest BCUT2D eigenvalue weighted by atomic mass is 9.59. The average Bonchev–Trinajstić information content (AvgIpc) is 3.93. The molecule has 5 fully saturated rings. The minimum atomic E-state index is -4.64. The second-order valence-electron chi connectivity index (χ2n) is 23.5. The molecule has 2 saturated carbocycles. The van der Waals surface area contributed by atoms with Gasteiger partial charge in [0.1, 0.15) is 23.1 Å². The van der Waals surface area contributed by atoms with Crippen molar-refractivity contribution in [1.29, 1.82) is 0 Å². The highest BCUT2D eigenvalue weighted by molar-refractivity contribution is 7.90. The number of anilines is 4. The zero-order valence-electron chi connectivity index (χ0n) is 46.4. The molecule has 1 spiro atoms. The summed E-state index contributed by atoms with van der Waals surface area (Å²) in [5.41, 5.74) is 5.73. The molecule has 2 aliphatic carbocycles. The molecule has 20 nitrogen and oxygen atoms in total. The SMILES string of the molecule is COc1cc(CN2CCN(C3CC4(CCN(c5ccc(C(=O)NS(=O)(=O)c6ccc(NC[C@H]7CC[C@](C)(O)CC7)c([N+](=O)[O-])c6)c(N6c7cc8cc[nH]c8nc7O[C@H]7COCC[C@@H]76)c5)CC4)C3)[C@@H](c3ccccc3C)C2)cnc1OC. The number of benzene rings is 3. The van der Waals surface area contributed by atoms with Gasteiger partial charge in [0, 0.05) is 94.0 Å². The number of carbonyl (C=O) groups is 1. The summed E-state index contributed by atoms with van der Waals surface area (Å²) in [6, 6.07) is 24.3. The topological polar surface area (TPSA) is 230 Å². The van der Waals surface area contributed by atoms with E-state index in [4.69, 9.17) is 23.9 Å². The minimum Gasteiger partial charge on any atom is -0.491 e. The Morgan fingerprint density at radius 1 is 0.951 bits per heavy atom. The Kier molecular flexibility index (Phi) is 14.8. The monoisotopic (exact) mass is 1120 g/mol. The second-order valence-corrected chi connectivity index (χ2v) is 25.2. The highest BCUT2D eigenvalue weighted by Crippen LogP contribution is 2.54. The number of aromatic nitrogens is 3. The van der Waals surface area contributed by atoms with Gasteiger partial charge in [0.2, 0.25) is 5.88 Å². The molecule has 428 valence electrons. The number of fused-ring (bicyclic) bond motifs is 3. The number of ether oxygens (including phenoxy) is 4. The van der Waals surface area contributed by atoms with Gasteiger partial charge in [-0.05, 0) is 148 Å². The van der Waals surface area contributed by atoms with E-state index in [1.807, 2.05) is 43.5 Å². The van der Waals surface area contributed by atoms with E-state index in [1.165, 1.54) is 23.3 Å². The lowest BCUT2D eigenvalue weighted by molar-refractivity contribution is -0.384. The summed E-state index contributed by atoms with van der Waals surface area (Å²) in [6.07, 6.45) is 10.8. The van der Waals surface area contributed by atoms with Crippen molar-refractivity contribution in [2.75, 3.05) is 81.8 Å². The minimum absolute atomic E-state index is 0.104. The van der Waals surface area contributed by atoms with E-state index < -0.39 is 43.1 Å². The van der Waals surface area contributed by atoms with Gasteiger partial charge in [0.25, 0.3) is 27.5 Å². The highest BCUT2D eigenvalue weighted by Gasteiger charge is 2.50. The number of nitro benzene ring substituents is 1. The first-order valence-electron chi connectivity index (χ1n) is 28.4. The van der Waals surface area contributed by atoms with E-state index in [9.17, 15) is 28.4 Å². The Balaban J connectivity index is 0.790. The van der Waals surface area contributed by atoms with E-state index >= 15 is 0 Å². The lowest BCUT2D eigenvalue weighted by Gasteiger charge is -2.58. The summed E-state index contributed by atoms with van der Waals surface area (Å²) >= 11 is 0. The molecule has 21 heteroatoms. The molecule has 0 bridgehead atoms. The number of pyridine rings is 2. The standard InChI is InChI=1S/C60H72N10O10S/c1-38-7-5-6-8-45(38)52-36-66(35-40-27-53(77-3)58(78-4)63-34-40)24-25-68(52)43-31-60(32-43)19-22-67(23-20-60)42-9-11-46(49(29-42)69-48-16-26-79-37-54(48)80-57-51(69)28-41-15-21-61-55(41)64-57)56(71)65-81(75,76)44-10-12-47(50(30-44)70(73)74)62-33-39-13-17-59(2,72)18-14-39/h5-12,15,21,27-30,34,39,43,48,52,54,62,72H,13-14,16-20,22-26,31-33,35-37H2,1-4H3,(H,61,64)(H,65,71)/t39-,48-,52+,54-,59-/m0/s1. The van der Waals surface area contributed by atoms with E-state index in [2.05, 4.69) is 70.8 Å². The maximum absolute atomic E-state index is 14.8. The zero-order chi connectivity index (χ0) is 56.2. The Bertz CT molecular complexity index is 3440. The highest BCUT2D eigenvalue weighted by atomic mass is 32.2. The third-order valence-electron chi connectivity index (χ3n) is 18.3. The first-order chi connectivity index (χ1) is 39.1. The van der Waals surface area contributed by atoms with Gasteiger partial charge in [-0.25, -0.2) is 18.1 Å². The van der Waals surface area contributed by atoms with Gasteiger partial charge in [-0.1, -0.05) is 24.3 Å². The van der Waals surface area contributed by atoms with Gasteiger partial charge in [-0.3, -0.25) is 24.7 Å². The summed E-state index contributed by atoms with van der Waals surface area (Å²) in [6.45, 7) is 10.4. The lowest BCUT2D eigenvalue weighted by Crippen LogP contribution is -2.59. The van der Waals surface area contributed by atoms with Crippen molar-refractivity contribution in [3.05, 3.63) is 124 Å². The van der Waals surface area contributed by atoms with Crippen LogP contribution >= 0.6 is 0 Å². The Labute approximate surface area is 472 Å². The molecule has 7 heterocycles. The van der Waals surface area contributed by atoms with Crippen LogP contribution in [0.25, 0.3) is 11.0 Å². The predicted molar refractivity (Wildman–Crippen MR) is 307 cm³/mol. The van der Waals surface area contributed by atoms with Gasteiger partial charge < -0.3 is 44.2 Å². The Hall–Kier alpha value is -7.04. The summed E-state index contributed by atoms with van der Waals surface area (Å²) in [7, 11) is -1.40. The number of nitro groups is 1. The number of H-pyrrole nitrogens is 1. The molecule has 3 saturated heterocycles. The van der Waals surface area contributed by atoms with E-state index in [0.29, 0.717) is 79.6 Å². The van der Waals surface area contributed by atoms with Crippen molar-refractivity contribution in [2.24, 2.45) is 11.3 Å². The van der Waals surface area contributed by atoms with Crippen LogP contribution < -0.4 is 34.0 Å². The van der Waals surface area contributed by atoms with Crippen LogP contribution in [0.5, 0.6) is 17.5 Å². The van der Waals surface area contributed by atoms with Crippen molar-refractivity contribution in [2.45, 2.75) is 113 Å². The molecule has 3 aromatic carbocycles. The van der Waals surface area contributed by atoms with Gasteiger partial charge in [-0.2, -0.15) is 4.98 Å². The van der Waals surface area contributed by atoms with Crippen molar-refractivity contribution in [3.8, 4) is 17.5 Å². The molecule has 3 aromatic heterocycles. The molecule has 3 atom stereocenters. The van der Waals surface area contributed by atoms with Crippen molar-refractivity contribution >= 4 is 55.4 Å². The van der Waals surface area contributed by atoms with Crippen LogP contribution in [-0.4, -0.2) is 140 Å². The molecule has 6 aromatic rings. The van der Waals surface area contributed by atoms with Gasteiger partial charge >= 0.3 is 0 Å². The molecular formula is C60H72N10O10S. The van der Waals surface area contributed by atoms with Crippen LogP contribution in [0.4, 0.5) is 28.4 Å². The van der Waals surface area contributed by atoms with Crippen LogP contribution in [0.2, 0.25) is 0 Å². The molecular weight excluding hydrogens is 1050 g/mol. The Morgan fingerprint density at radius 3 is 2.52 bits per heavy atom. The quantitative estimate of drug-likeness (QED) is 0.0557. The molecule has 0 radical (unpaired) electrons. The zero-order valence-corrected chi connectivity index (χ0v) is 47.3. The fourth-order valence-corrected chi connectivity index (χ4v) is 14.6. The number of rotatable bonds is 15. The maximum Gasteiger partial charge on any atom is 0.293 e. The molecule has 12 rings (SSSR count). The number of aryl methyl sites for hydroxylation is 1. The summed E-state index contributed by atoms with van der Waals surface area (Å²) in [4.78, 5) is 48.5. The number of nitrogens with zero attached hydrogens (tertiary/aromatic N) is 7. The Morgan fingerprint density at radius 2 is 1.75 bits per heavy atom. The number of amides is 1. The first-order valence-corrected chi connectivity index (χ1v) is 29.9. The van der Waals surface area contributed by atoms with E-state index in [-0.39, 0.29) is 34.7 Å². The number of aliphatic hydroxyl groups is 1. The fraction of sp³-hybridized carbons (Fsp3) is 0.483. The summed E-state index contributed by atoms with van der Waals surface area (Å²) in [5, 5.41) is 26.8. The van der Waals surface area contributed by atoms with Crippen LogP contribution in [0.1, 0.15) is 97.8 Å². The van der Waals surface area contributed by atoms with Crippen LogP contribution in [0, 0.1) is 28.4 Å². The smallest absolute Gasteiger partial charge is 0.293 e. The van der Waals surface area contributed by atoms with E-state index in [1.54, 1.807) is 26.5 Å². The maximum atomic E-state index is 14.8.